The largest absolute Gasteiger partial charge is 0.506 e. The van der Waals surface area contributed by atoms with Gasteiger partial charge in [0.25, 0.3) is 0 Å². The van der Waals surface area contributed by atoms with Crippen LogP contribution in [0.3, 0.4) is 0 Å². The molecule has 0 atom stereocenters. The van der Waals surface area contributed by atoms with Gasteiger partial charge in [-0.1, -0.05) is 18.2 Å². The molecule has 6 nitrogen and oxygen atoms in total. The molecule has 1 aromatic carbocycles. The Balaban J connectivity index is 2.19. The normalized spacial score (nSPS) is 11.6. The van der Waals surface area contributed by atoms with Crippen LogP contribution in [0.2, 0.25) is 0 Å². The highest BCUT2D eigenvalue weighted by Gasteiger charge is 2.20. The Bertz CT molecular complexity index is 955. The molecule has 2 rings (SSSR count). The average molecular weight is 435 g/mol. The molecule has 142 valence electrons. The van der Waals surface area contributed by atoms with Crippen LogP contribution in [0.15, 0.2) is 55.9 Å². The summed E-state index contributed by atoms with van der Waals surface area (Å²) in [6, 6.07) is 7.06. The van der Waals surface area contributed by atoms with Crippen molar-refractivity contribution in [2.75, 3.05) is 13.7 Å². The van der Waals surface area contributed by atoms with Crippen LogP contribution in [0.4, 0.5) is 0 Å². The molecular weight excluding hydrogens is 416 g/mol. The minimum Gasteiger partial charge on any atom is -0.506 e. The summed E-state index contributed by atoms with van der Waals surface area (Å²) >= 11 is 3.09. The van der Waals surface area contributed by atoms with Gasteiger partial charge < -0.3 is 19.0 Å². The zero-order chi connectivity index (χ0) is 20.0. The SMILES string of the molecule is C/C=C(\COc1cccc(/C=C/C(=O)c2c(O)c(Br)c(C)oc2=O)c1)OC. The second-order valence-electron chi connectivity index (χ2n) is 5.50. The Kier molecular flexibility index (Phi) is 7.01. The molecule has 0 aliphatic carbocycles. The van der Waals surface area contributed by atoms with Gasteiger partial charge >= 0.3 is 5.63 Å². The third kappa shape index (κ3) is 5.10. The van der Waals surface area contributed by atoms with E-state index in [1.54, 1.807) is 37.5 Å². The Labute approximate surface area is 164 Å². The lowest BCUT2D eigenvalue weighted by molar-refractivity contribution is 0.104. The molecule has 0 unspecified atom stereocenters. The van der Waals surface area contributed by atoms with Crippen LogP contribution < -0.4 is 10.4 Å². The maximum absolute atomic E-state index is 12.3. The van der Waals surface area contributed by atoms with Crippen LogP contribution in [-0.4, -0.2) is 24.6 Å². The maximum atomic E-state index is 12.3. The number of ether oxygens (including phenoxy) is 2. The zero-order valence-electron chi connectivity index (χ0n) is 15.1. The Morgan fingerprint density at radius 2 is 2.11 bits per heavy atom. The predicted molar refractivity (Wildman–Crippen MR) is 105 cm³/mol. The summed E-state index contributed by atoms with van der Waals surface area (Å²) in [5, 5.41) is 10.0. The fourth-order valence-corrected chi connectivity index (χ4v) is 2.48. The third-order valence-electron chi connectivity index (χ3n) is 3.70. The quantitative estimate of drug-likeness (QED) is 0.398. The van der Waals surface area contributed by atoms with Crippen LogP contribution in [-0.2, 0) is 4.74 Å². The molecule has 0 fully saturated rings. The van der Waals surface area contributed by atoms with Crippen molar-refractivity contribution in [1.82, 2.24) is 0 Å². The first-order valence-electron chi connectivity index (χ1n) is 8.04. The molecule has 0 spiro atoms. The Hall–Kier alpha value is -2.80. The molecule has 0 saturated carbocycles. The highest BCUT2D eigenvalue weighted by atomic mass is 79.9. The molecule has 1 aromatic heterocycles. The molecule has 7 heteroatoms. The number of halogens is 1. The zero-order valence-corrected chi connectivity index (χ0v) is 16.7. The maximum Gasteiger partial charge on any atom is 0.351 e. The lowest BCUT2D eigenvalue weighted by Crippen LogP contribution is -2.13. The first kappa shape index (κ1) is 20.5. The Morgan fingerprint density at radius 1 is 1.37 bits per heavy atom. The van der Waals surface area contributed by atoms with E-state index < -0.39 is 22.7 Å². The number of allylic oxidation sites excluding steroid dienone is 2. The number of ketones is 1. The van der Waals surface area contributed by atoms with Crippen molar-refractivity contribution in [3.8, 4) is 11.5 Å². The van der Waals surface area contributed by atoms with Crippen molar-refractivity contribution in [3.05, 3.63) is 74.0 Å². The van der Waals surface area contributed by atoms with Gasteiger partial charge in [-0.25, -0.2) is 4.79 Å². The summed E-state index contributed by atoms with van der Waals surface area (Å²) < 4.78 is 15.9. The van der Waals surface area contributed by atoms with Gasteiger partial charge in [0, 0.05) is 0 Å². The molecule has 0 amide bonds. The standard InChI is InChI=1S/C20H19BrO6/c1-4-14(25-3)11-26-15-7-5-6-13(10-15)8-9-16(22)17-19(23)18(21)12(2)27-20(17)24/h4-10,23H,11H2,1-3H3/b9-8+,14-4+. The second-order valence-corrected chi connectivity index (χ2v) is 6.29. The summed E-state index contributed by atoms with van der Waals surface area (Å²) in [4.78, 5) is 24.2. The van der Waals surface area contributed by atoms with Crippen molar-refractivity contribution in [2.24, 2.45) is 0 Å². The number of aryl methyl sites for hydroxylation is 1. The minimum atomic E-state index is -0.890. The predicted octanol–water partition coefficient (Wildman–Crippen LogP) is 4.24. The van der Waals surface area contributed by atoms with Crippen molar-refractivity contribution in [3.63, 3.8) is 0 Å². The first-order valence-corrected chi connectivity index (χ1v) is 8.83. The van der Waals surface area contributed by atoms with E-state index in [2.05, 4.69) is 15.9 Å². The van der Waals surface area contributed by atoms with E-state index in [1.807, 2.05) is 6.92 Å². The van der Waals surface area contributed by atoms with Gasteiger partial charge in [-0.05, 0) is 59.6 Å². The lowest BCUT2D eigenvalue weighted by Gasteiger charge is -2.09. The van der Waals surface area contributed by atoms with Crippen LogP contribution in [0.5, 0.6) is 11.5 Å². The number of hydrogen-bond acceptors (Lipinski definition) is 6. The van der Waals surface area contributed by atoms with Gasteiger partial charge in [0.1, 0.15) is 23.9 Å². The fraction of sp³-hybridized carbons (Fsp3) is 0.200. The van der Waals surface area contributed by atoms with Gasteiger partial charge in [0.05, 0.1) is 11.6 Å². The van der Waals surface area contributed by atoms with Gasteiger partial charge in [-0.2, -0.15) is 0 Å². The van der Waals surface area contributed by atoms with Crippen molar-refractivity contribution in [1.29, 1.82) is 0 Å². The molecule has 1 N–H and O–H groups in total. The van der Waals surface area contributed by atoms with E-state index in [1.165, 1.54) is 19.1 Å². The summed E-state index contributed by atoms with van der Waals surface area (Å²) in [6.45, 7) is 3.64. The fourth-order valence-electron chi connectivity index (χ4n) is 2.20. The summed E-state index contributed by atoms with van der Waals surface area (Å²) in [5.41, 5.74) is -0.623. The number of aromatic hydroxyl groups is 1. The van der Waals surface area contributed by atoms with Crippen LogP contribution in [0.1, 0.15) is 28.6 Å². The smallest absolute Gasteiger partial charge is 0.351 e. The minimum absolute atomic E-state index is 0.173. The van der Waals surface area contributed by atoms with E-state index in [4.69, 9.17) is 13.9 Å². The van der Waals surface area contributed by atoms with Crippen molar-refractivity contribution in [2.45, 2.75) is 13.8 Å². The van der Waals surface area contributed by atoms with Gasteiger partial charge in [0.15, 0.2) is 17.1 Å². The van der Waals surface area contributed by atoms with E-state index >= 15 is 0 Å². The number of carbonyl (C=O) groups is 1. The average Bonchev–Trinajstić information content (AvgIpc) is 2.66. The first-order chi connectivity index (χ1) is 12.9. The molecular formula is C20H19BrO6. The topological polar surface area (TPSA) is 86.0 Å². The van der Waals surface area contributed by atoms with E-state index in [9.17, 15) is 14.7 Å². The van der Waals surface area contributed by atoms with Crippen LogP contribution >= 0.6 is 15.9 Å². The number of methoxy groups -OCH3 is 1. The molecule has 0 aliphatic heterocycles. The molecule has 0 aliphatic rings. The van der Waals surface area contributed by atoms with Crippen molar-refractivity contribution >= 4 is 27.8 Å². The summed E-state index contributed by atoms with van der Waals surface area (Å²) in [6.07, 6.45) is 4.52. The van der Waals surface area contributed by atoms with Gasteiger partial charge in [0.2, 0.25) is 0 Å². The monoisotopic (exact) mass is 434 g/mol. The number of rotatable bonds is 7. The van der Waals surface area contributed by atoms with Gasteiger partial charge in [-0.3, -0.25) is 4.79 Å². The Morgan fingerprint density at radius 3 is 2.78 bits per heavy atom. The molecule has 1 heterocycles. The molecule has 0 saturated heterocycles. The highest BCUT2D eigenvalue weighted by molar-refractivity contribution is 9.10. The summed E-state index contributed by atoms with van der Waals surface area (Å²) in [5.74, 6) is 0.386. The number of hydrogen-bond donors (Lipinski definition) is 1. The second kappa shape index (κ2) is 9.23. The van der Waals surface area contributed by atoms with Crippen LogP contribution in [0.25, 0.3) is 6.08 Å². The van der Waals surface area contributed by atoms with Gasteiger partial charge in [-0.15, -0.1) is 0 Å². The summed E-state index contributed by atoms with van der Waals surface area (Å²) in [7, 11) is 1.57. The molecule has 0 bridgehead atoms. The lowest BCUT2D eigenvalue weighted by atomic mass is 10.1. The van der Waals surface area contributed by atoms with Crippen LogP contribution in [0, 0.1) is 6.92 Å². The molecule has 2 aromatic rings. The van der Waals surface area contributed by atoms with E-state index in [0.29, 0.717) is 17.1 Å². The van der Waals surface area contributed by atoms with Crippen molar-refractivity contribution < 1.29 is 23.8 Å². The molecule has 0 radical (unpaired) electrons. The highest BCUT2D eigenvalue weighted by Crippen LogP contribution is 2.29. The number of carbonyl (C=O) groups excluding carboxylic acids is 1. The third-order valence-corrected chi connectivity index (χ3v) is 4.63. The van der Waals surface area contributed by atoms with E-state index in [-0.39, 0.29) is 16.8 Å². The molecule has 27 heavy (non-hydrogen) atoms. The number of benzene rings is 1. The van der Waals surface area contributed by atoms with E-state index in [0.717, 1.165) is 0 Å².